The van der Waals surface area contributed by atoms with Gasteiger partial charge >= 0.3 is 0 Å². The van der Waals surface area contributed by atoms with Gasteiger partial charge in [0.1, 0.15) is 12.4 Å². The van der Waals surface area contributed by atoms with Gasteiger partial charge in [0.15, 0.2) is 5.78 Å². The van der Waals surface area contributed by atoms with Crippen LogP contribution in [-0.2, 0) is 18.3 Å². The van der Waals surface area contributed by atoms with Crippen LogP contribution in [0, 0.1) is 0 Å². The Balaban J connectivity index is 1.83. The third-order valence-electron chi connectivity index (χ3n) is 2.24. The van der Waals surface area contributed by atoms with E-state index in [1.165, 1.54) is 0 Å². The second-order valence-corrected chi connectivity index (χ2v) is 4.28. The van der Waals surface area contributed by atoms with Crippen molar-refractivity contribution in [3.63, 3.8) is 0 Å². The van der Waals surface area contributed by atoms with Crippen molar-refractivity contribution >= 4 is 17.4 Å². The maximum absolute atomic E-state index is 11.6. The summed E-state index contributed by atoms with van der Waals surface area (Å²) in [6, 6.07) is 6.87. The van der Waals surface area contributed by atoms with Gasteiger partial charge in [-0.05, 0) is 24.3 Å². The molecule has 2 aromatic rings. The molecule has 0 fully saturated rings. The lowest BCUT2D eigenvalue weighted by atomic mass is 10.2. The van der Waals surface area contributed by atoms with Crippen LogP contribution in [0.5, 0.6) is 5.75 Å². The van der Waals surface area contributed by atoms with E-state index in [4.69, 9.17) is 16.3 Å². The van der Waals surface area contributed by atoms with Gasteiger partial charge in [-0.15, -0.1) is 5.10 Å². The number of hydrogen-bond acceptors (Lipinski definition) is 4. The average molecular weight is 266 g/mol. The number of aryl methyl sites for hydroxylation is 1. The number of ketones is 1. The summed E-state index contributed by atoms with van der Waals surface area (Å²) >= 11 is 5.74. The van der Waals surface area contributed by atoms with Gasteiger partial charge in [0.2, 0.25) is 0 Å². The van der Waals surface area contributed by atoms with E-state index in [0.717, 1.165) is 0 Å². The molecule has 0 aliphatic carbocycles. The summed E-state index contributed by atoms with van der Waals surface area (Å²) in [4.78, 5) is 11.6. The molecule has 0 unspecified atom stereocenters. The Morgan fingerprint density at radius 2 is 2.11 bits per heavy atom. The minimum atomic E-state index is -0.0505. The summed E-state index contributed by atoms with van der Waals surface area (Å²) in [5, 5.41) is 8.23. The van der Waals surface area contributed by atoms with Crippen molar-refractivity contribution in [1.82, 2.24) is 15.0 Å². The summed E-state index contributed by atoms with van der Waals surface area (Å²) in [6.07, 6.45) is 1.93. The third kappa shape index (κ3) is 3.56. The summed E-state index contributed by atoms with van der Waals surface area (Å²) in [5.74, 6) is 0.567. The number of ether oxygens (including phenoxy) is 1. The summed E-state index contributed by atoms with van der Waals surface area (Å²) < 4.78 is 6.90. The van der Waals surface area contributed by atoms with Crippen LogP contribution in [-0.4, -0.2) is 27.4 Å². The lowest BCUT2D eigenvalue weighted by Crippen LogP contribution is -2.14. The molecular formula is C12H12ClN3O2. The Bertz CT molecular complexity index is 537. The fourth-order valence-electron chi connectivity index (χ4n) is 1.42. The molecule has 18 heavy (non-hydrogen) atoms. The van der Waals surface area contributed by atoms with E-state index in [1.54, 1.807) is 42.2 Å². The van der Waals surface area contributed by atoms with E-state index in [9.17, 15) is 4.79 Å². The van der Waals surface area contributed by atoms with E-state index in [1.807, 2.05) is 0 Å². The average Bonchev–Trinajstić information content (AvgIpc) is 2.74. The van der Waals surface area contributed by atoms with Crippen molar-refractivity contribution in [3.8, 4) is 5.75 Å². The third-order valence-corrected chi connectivity index (χ3v) is 2.49. The normalized spacial score (nSPS) is 10.3. The van der Waals surface area contributed by atoms with Crippen molar-refractivity contribution in [2.24, 2.45) is 7.05 Å². The standard InChI is InChI=1S/C12H12ClN3O2/c1-16-7-10(14-15-16)6-11(17)8-18-12-4-2-9(13)3-5-12/h2-5,7H,6,8H2,1H3. The molecule has 0 amide bonds. The number of benzene rings is 1. The van der Waals surface area contributed by atoms with E-state index < -0.39 is 0 Å². The maximum atomic E-state index is 11.6. The molecule has 0 bridgehead atoms. The van der Waals surface area contributed by atoms with Crippen LogP contribution < -0.4 is 4.74 Å². The Morgan fingerprint density at radius 3 is 2.72 bits per heavy atom. The molecule has 0 N–H and O–H groups in total. The zero-order chi connectivity index (χ0) is 13.0. The van der Waals surface area contributed by atoms with Crippen LogP contribution in [0.15, 0.2) is 30.5 Å². The molecular weight excluding hydrogens is 254 g/mol. The highest BCUT2D eigenvalue weighted by Crippen LogP contribution is 2.15. The second-order valence-electron chi connectivity index (χ2n) is 3.84. The highest BCUT2D eigenvalue weighted by molar-refractivity contribution is 6.30. The monoisotopic (exact) mass is 265 g/mol. The van der Waals surface area contributed by atoms with E-state index in [0.29, 0.717) is 16.5 Å². The Labute approximate surface area is 109 Å². The largest absolute Gasteiger partial charge is 0.486 e. The number of aromatic nitrogens is 3. The summed E-state index contributed by atoms with van der Waals surface area (Å²) in [7, 11) is 1.76. The molecule has 2 rings (SSSR count). The first-order valence-electron chi connectivity index (χ1n) is 5.39. The number of halogens is 1. The number of carbonyl (C=O) groups excluding carboxylic acids is 1. The zero-order valence-corrected chi connectivity index (χ0v) is 10.6. The van der Waals surface area contributed by atoms with Crippen LogP contribution in [0.2, 0.25) is 5.02 Å². The van der Waals surface area contributed by atoms with Crippen LogP contribution in [0.25, 0.3) is 0 Å². The topological polar surface area (TPSA) is 57.0 Å². The molecule has 0 aliphatic rings. The number of carbonyl (C=O) groups is 1. The molecule has 0 aliphatic heterocycles. The summed E-state index contributed by atoms with van der Waals surface area (Å²) in [5.41, 5.74) is 0.641. The number of Topliss-reactive ketones (excluding diaryl/α,β-unsaturated/α-hetero) is 1. The lowest BCUT2D eigenvalue weighted by molar-refractivity contribution is -0.120. The highest BCUT2D eigenvalue weighted by atomic mass is 35.5. The van der Waals surface area contributed by atoms with Crippen molar-refractivity contribution in [1.29, 1.82) is 0 Å². The SMILES string of the molecule is Cn1cc(CC(=O)COc2ccc(Cl)cc2)nn1. The second kappa shape index (κ2) is 5.64. The predicted octanol–water partition coefficient (Wildman–Crippen LogP) is 1.66. The molecule has 6 heteroatoms. The van der Waals surface area contributed by atoms with Gasteiger partial charge in [-0.1, -0.05) is 16.8 Å². The highest BCUT2D eigenvalue weighted by Gasteiger charge is 2.07. The molecule has 0 saturated carbocycles. The van der Waals surface area contributed by atoms with Gasteiger partial charge in [0, 0.05) is 18.3 Å². The van der Waals surface area contributed by atoms with Crippen molar-refractivity contribution < 1.29 is 9.53 Å². The van der Waals surface area contributed by atoms with Crippen molar-refractivity contribution in [2.45, 2.75) is 6.42 Å². The Kier molecular flexibility index (Phi) is 3.94. The fraction of sp³-hybridized carbons (Fsp3) is 0.250. The molecule has 1 heterocycles. The van der Waals surface area contributed by atoms with Gasteiger partial charge in [-0.25, -0.2) is 0 Å². The van der Waals surface area contributed by atoms with Crippen LogP contribution in [0.4, 0.5) is 0 Å². The predicted molar refractivity (Wildman–Crippen MR) is 66.7 cm³/mol. The molecule has 5 nitrogen and oxygen atoms in total. The molecule has 94 valence electrons. The quantitative estimate of drug-likeness (QED) is 0.825. The number of hydrogen-bond donors (Lipinski definition) is 0. The number of rotatable bonds is 5. The van der Waals surface area contributed by atoms with Crippen molar-refractivity contribution in [2.75, 3.05) is 6.61 Å². The van der Waals surface area contributed by atoms with Gasteiger partial charge in [-0.3, -0.25) is 9.48 Å². The van der Waals surface area contributed by atoms with E-state index >= 15 is 0 Å². The van der Waals surface area contributed by atoms with Crippen molar-refractivity contribution in [3.05, 3.63) is 41.2 Å². The first-order valence-corrected chi connectivity index (χ1v) is 5.76. The minimum absolute atomic E-state index is 0.0121. The minimum Gasteiger partial charge on any atom is -0.486 e. The first kappa shape index (κ1) is 12.6. The maximum Gasteiger partial charge on any atom is 0.176 e. The fourth-order valence-corrected chi connectivity index (χ4v) is 1.55. The lowest BCUT2D eigenvalue weighted by Gasteiger charge is -2.04. The van der Waals surface area contributed by atoms with Gasteiger partial charge < -0.3 is 4.74 Å². The molecule has 0 radical (unpaired) electrons. The smallest absolute Gasteiger partial charge is 0.176 e. The van der Waals surface area contributed by atoms with Gasteiger partial charge in [0.05, 0.1) is 12.1 Å². The molecule has 1 aromatic carbocycles. The van der Waals surface area contributed by atoms with Gasteiger partial charge in [-0.2, -0.15) is 0 Å². The molecule has 0 saturated heterocycles. The molecule has 0 spiro atoms. The zero-order valence-electron chi connectivity index (χ0n) is 9.84. The van der Waals surface area contributed by atoms with Crippen LogP contribution in [0.1, 0.15) is 5.69 Å². The first-order chi connectivity index (χ1) is 8.63. The van der Waals surface area contributed by atoms with Crippen LogP contribution in [0.3, 0.4) is 0 Å². The summed E-state index contributed by atoms with van der Waals surface area (Å²) in [6.45, 7) is 0.0121. The Hall–Kier alpha value is -1.88. The Morgan fingerprint density at radius 1 is 1.39 bits per heavy atom. The van der Waals surface area contributed by atoms with Gasteiger partial charge in [0.25, 0.3) is 0 Å². The molecule has 1 aromatic heterocycles. The number of nitrogens with zero attached hydrogens (tertiary/aromatic N) is 3. The van der Waals surface area contributed by atoms with E-state index in [-0.39, 0.29) is 18.8 Å². The molecule has 0 atom stereocenters. The van der Waals surface area contributed by atoms with Crippen LogP contribution >= 0.6 is 11.6 Å². The van der Waals surface area contributed by atoms with E-state index in [2.05, 4.69) is 10.3 Å².